The lowest BCUT2D eigenvalue weighted by Crippen LogP contribution is -2.15. The Hall–Kier alpha value is -1.12. The third-order valence-corrected chi connectivity index (χ3v) is 2.14. The number of nitrogens with one attached hydrogen (secondary N) is 1. The molecule has 1 N–H and O–H groups in total. The monoisotopic (exact) mass is 299 g/mol. The van der Waals surface area contributed by atoms with Gasteiger partial charge in [0, 0.05) is 19.7 Å². The molecular formula is C10H13ClF3N3O2. The molecule has 0 atom stereocenters. The molecule has 0 fully saturated rings. The summed E-state index contributed by atoms with van der Waals surface area (Å²) in [6, 6.07) is 0.793. The van der Waals surface area contributed by atoms with Crippen LogP contribution in [0.1, 0.15) is 5.69 Å². The third kappa shape index (κ3) is 6.04. The molecule has 0 aromatic carbocycles. The van der Waals surface area contributed by atoms with Gasteiger partial charge in [0.1, 0.15) is 5.82 Å². The zero-order valence-electron chi connectivity index (χ0n) is 10.1. The number of methoxy groups -OCH3 is 1. The molecule has 1 aromatic heterocycles. The second-order valence-corrected chi connectivity index (χ2v) is 3.78. The fourth-order valence-electron chi connectivity index (χ4n) is 1.15. The Kier molecular flexibility index (Phi) is 6.26. The summed E-state index contributed by atoms with van der Waals surface area (Å²) >= 11 is 5.43. The van der Waals surface area contributed by atoms with Crippen molar-refractivity contribution in [3.63, 3.8) is 0 Å². The highest BCUT2D eigenvalue weighted by atomic mass is 35.5. The van der Waals surface area contributed by atoms with Crippen LogP contribution < -0.4 is 5.32 Å². The fraction of sp³-hybridized carbons (Fsp3) is 0.600. The average molecular weight is 300 g/mol. The van der Waals surface area contributed by atoms with Crippen molar-refractivity contribution >= 4 is 17.4 Å². The van der Waals surface area contributed by atoms with Gasteiger partial charge in [-0.05, 0) is 11.6 Å². The van der Waals surface area contributed by atoms with Crippen LogP contribution in [0.4, 0.5) is 19.0 Å². The van der Waals surface area contributed by atoms with Gasteiger partial charge in [0.05, 0.1) is 19.8 Å². The van der Waals surface area contributed by atoms with Gasteiger partial charge >= 0.3 is 6.18 Å². The lowest BCUT2D eigenvalue weighted by Gasteiger charge is -2.10. The summed E-state index contributed by atoms with van der Waals surface area (Å²) in [6.45, 7) is 1.48. The molecule has 1 rings (SSSR count). The van der Waals surface area contributed by atoms with Gasteiger partial charge in [-0.25, -0.2) is 9.97 Å². The first-order valence-electron chi connectivity index (χ1n) is 5.36. The van der Waals surface area contributed by atoms with Crippen molar-refractivity contribution in [2.24, 2.45) is 0 Å². The van der Waals surface area contributed by atoms with Crippen molar-refractivity contribution in [2.45, 2.75) is 6.18 Å². The first kappa shape index (κ1) is 15.9. The van der Waals surface area contributed by atoms with Crippen LogP contribution in [-0.4, -0.2) is 43.4 Å². The molecule has 9 heteroatoms. The smallest absolute Gasteiger partial charge is 0.382 e. The normalized spacial score (nSPS) is 11.6. The minimum atomic E-state index is -4.56. The molecular weight excluding hydrogens is 287 g/mol. The topological polar surface area (TPSA) is 56.3 Å². The predicted molar refractivity (Wildman–Crippen MR) is 63.2 cm³/mol. The molecule has 0 aliphatic carbocycles. The Morgan fingerprint density at radius 2 is 2.00 bits per heavy atom. The minimum absolute atomic E-state index is 0.00247. The quantitative estimate of drug-likeness (QED) is 0.618. The first-order chi connectivity index (χ1) is 8.93. The SMILES string of the molecule is COCCOCCNc1cc(C(F)(F)F)nc(Cl)n1. The lowest BCUT2D eigenvalue weighted by molar-refractivity contribution is -0.141. The molecule has 0 amide bonds. The number of halogens is 4. The van der Waals surface area contributed by atoms with Crippen LogP contribution in [0.15, 0.2) is 6.07 Å². The number of hydrogen-bond acceptors (Lipinski definition) is 5. The summed E-state index contributed by atoms with van der Waals surface area (Å²) in [5, 5.41) is 2.21. The molecule has 0 bridgehead atoms. The molecule has 5 nitrogen and oxygen atoms in total. The van der Waals surface area contributed by atoms with Gasteiger partial charge in [-0.2, -0.15) is 13.2 Å². The molecule has 19 heavy (non-hydrogen) atoms. The molecule has 0 radical (unpaired) electrons. The average Bonchev–Trinajstić information content (AvgIpc) is 2.32. The number of alkyl halides is 3. The molecule has 108 valence electrons. The van der Waals surface area contributed by atoms with Crippen molar-refractivity contribution in [2.75, 3.05) is 38.8 Å². The molecule has 0 spiro atoms. The zero-order chi connectivity index (χ0) is 14.3. The summed E-state index contributed by atoms with van der Waals surface area (Å²) in [5.41, 5.74) is -1.09. The Labute approximate surface area is 113 Å². The van der Waals surface area contributed by atoms with Gasteiger partial charge in [0.25, 0.3) is 0 Å². The van der Waals surface area contributed by atoms with E-state index in [-0.39, 0.29) is 5.82 Å². The molecule has 0 saturated heterocycles. The van der Waals surface area contributed by atoms with E-state index in [4.69, 9.17) is 21.1 Å². The van der Waals surface area contributed by atoms with E-state index in [1.54, 1.807) is 7.11 Å². The molecule has 0 saturated carbocycles. The number of rotatable bonds is 7. The number of anilines is 1. The largest absolute Gasteiger partial charge is 0.433 e. The van der Waals surface area contributed by atoms with E-state index in [1.807, 2.05) is 0 Å². The van der Waals surface area contributed by atoms with Crippen LogP contribution in [0.3, 0.4) is 0 Å². The maximum absolute atomic E-state index is 12.5. The van der Waals surface area contributed by atoms with Crippen LogP contribution in [0.25, 0.3) is 0 Å². The van der Waals surface area contributed by atoms with Gasteiger partial charge in [0.15, 0.2) is 5.69 Å². The third-order valence-electron chi connectivity index (χ3n) is 1.97. The van der Waals surface area contributed by atoms with Crippen LogP contribution in [0.2, 0.25) is 5.28 Å². The van der Waals surface area contributed by atoms with Crippen molar-refractivity contribution in [1.29, 1.82) is 0 Å². The number of hydrogen-bond donors (Lipinski definition) is 1. The Balaban J connectivity index is 2.48. The van der Waals surface area contributed by atoms with Crippen molar-refractivity contribution in [3.05, 3.63) is 17.0 Å². The summed E-state index contributed by atoms with van der Waals surface area (Å²) in [4.78, 5) is 6.76. The van der Waals surface area contributed by atoms with Crippen LogP contribution >= 0.6 is 11.6 Å². The lowest BCUT2D eigenvalue weighted by atomic mass is 10.4. The number of ether oxygens (including phenoxy) is 2. The molecule has 0 aliphatic rings. The maximum atomic E-state index is 12.5. The van der Waals surface area contributed by atoms with Gasteiger partial charge in [0.2, 0.25) is 5.28 Å². The number of aromatic nitrogens is 2. The van der Waals surface area contributed by atoms with E-state index in [9.17, 15) is 13.2 Å². The van der Waals surface area contributed by atoms with Gasteiger partial charge < -0.3 is 14.8 Å². The molecule has 1 heterocycles. The molecule has 0 aliphatic heterocycles. The van der Waals surface area contributed by atoms with Gasteiger partial charge in [-0.3, -0.25) is 0 Å². The van der Waals surface area contributed by atoms with Gasteiger partial charge in [-0.1, -0.05) is 0 Å². The van der Waals surface area contributed by atoms with E-state index in [0.29, 0.717) is 26.4 Å². The van der Waals surface area contributed by atoms with E-state index in [1.165, 1.54) is 0 Å². The van der Waals surface area contributed by atoms with Crippen molar-refractivity contribution in [3.8, 4) is 0 Å². The van der Waals surface area contributed by atoms with Crippen LogP contribution in [0.5, 0.6) is 0 Å². The predicted octanol–water partition coefficient (Wildman–Crippen LogP) is 2.22. The van der Waals surface area contributed by atoms with E-state index >= 15 is 0 Å². The highest BCUT2D eigenvalue weighted by Gasteiger charge is 2.33. The Morgan fingerprint density at radius 1 is 1.26 bits per heavy atom. The highest BCUT2D eigenvalue weighted by molar-refractivity contribution is 6.28. The van der Waals surface area contributed by atoms with Gasteiger partial charge in [-0.15, -0.1) is 0 Å². The Morgan fingerprint density at radius 3 is 2.63 bits per heavy atom. The number of nitrogens with zero attached hydrogens (tertiary/aromatic N) is 2. The fourth-order valence-corrected chi connectivity index (χ4v) is 1.33. The second-order valence-electron chi connectivity index (χ2n) is 3.44. The van der Waals surface area contributed by atoms with Crippen LogP contribution in [0, 0.1) is 0 Å². The zero-order valence-corrected chi connectivity index (χ0v) is 10.9. The highest BCUT2D eigenvalue weighted by Crippen LogP contribution is 2.29. The summed E-state index contributed by atoms with van der Waals surface area (Å²) < 4.78 is 47.3. The second kappa shape index (κ2) is 7.46. The summed E-state index contributed by atoms with van der Waals surface area (Å²) in [7, 11) is 1.54. The van der Waals surface area contributed by atoms with Crippen molar-refractivity contribution in [1.82, 2.24) is 9.97 Å². The maximum Gasteiger partial charge on any atom is 0.433 e. The van der Waals surface area contributed by atoms with E-state index in [0.717, 1.165) is 6.07 Å². The summed E-state index contributed by atoms with van der Waals surface area (Å²) in [6.07, 6.45) is -4.56. The summed E-state index contributed by atoms with van der Waals surface area (Å²) in [5.74, 6) is 0.00247. The molecule has 0 unspecified atom stereocenters. The minimum Gasteiger partial charge on any atom is -0.382 e. The van der Waals surface area contributed by atoms with E-state index in [2.05, 4.69) is 15.3 Å². The molecule has 1 aromatic rings. The standard InChI is InChI=1S/C10H13ClF3N3O2/c1-18-4-5-19-3-2-15-8-6-7(10(12,13)14)16-9(11)17-8/h6H,2-5H2,1H3,(H,15,16,17). The Bertz CT molecular complexity index is 404. The first-order valence-corrected chi connectivity index (χ1v) is 5.73. The van der Waals surface area contributed by atoms with E-state index < -0.39 is 17.2 Å². The van der Waals surface area contributed by atoms with Crippen LogP contribution in [-0.2, 0) is 15.7 Å². The van der Waals surface area contributed by atoms with Crippen molar-refractivity contribution < 1.29 is 22.6 Å².